The largest absolute Gasteiger partial charge is 0.497 e. The van der Waals surface area contributed by atoms with E-state index in [-0.39, 0.29) is 12.5 Å². The van der Waals surface area contributed by atoms with Crippen LogP contribution in [0, 0.1) is 0 Å². The number of hydrogen-bond acceptors (Lipinski definition) is 6. The van der Waals surface area contributed by atoms with Gasteiger partial charge in [0.25, 0.3) is 0 Å². The Kier molecular flexibility index (Phi) is 6.01. The zero-order valence-electron chi connectivity index (χ0n) is 14.9. The van der Waals surface area contributed by atoms with E-state index in [0.717, 1.165) is 28.4 Å². The lowest BCUT2D eigenvalue weighted by molar-refractivity contribution is -0.130. The van der Waals surface area contributed by atoms with E-state index in [2.05, 4.69) is 15.3 Å². The normalized spacial score (nSPS) is 13.7. The summed E-state index contributed by atoms with van der Waals surface area (Å²) in [5.74, 6) is 1.61. The van der Waals surface area contributed by atoms with Crippen LogP contribution in [-0.4, -0.2) is 59.2 Å². The third-order valence-electron chi connectivity index (χ3n) is 4.53. The van der Waals surface area contributed by atoms with Crippen molar-refractivity contribution in [2.24, 2.45) is 0 Å². The molecule has 0 aliphatic carbocycles. The second kappa shape index (κ2) is 8.62. The molecule has 0 bridgehead atoms. The maximum absolute atomic E-state index is 12.7. The fraction of sp³-hybridized carbons (Fsp3) is 0.421. The number of rotatable bonds is 6. The van der Waals surface area contributed by atoms with Crippen LogP contribution in [0.3, 0.4) is 0 Å². The molecule has 1 aliphatic rings. The highest BCUT2D eigenvalue weighted by Crippen LogP contribution is 2.21. The lowest BCUT2D eigenvalue weighted by atomic mass is 10.1. The van der Waals surface area contributed by atoms with Gasteiger partial charge in [-0.05, 0) is 24.1 Å². The second-order valence-corrected chi connectivity index (χ2v) is 6.21. The van der Waals surface area contributed by atoms with E-state index < -0.39 is 0 Å². The summed E-state index contributed by atoms with van der Waals surface area (Å²) in [6.07, 6.45) is 3.30. The summed E-state index contributed by atoms with van der Waals surface area (Å²) in [6, 6.07) is 7.60. The number of nitrogens with zero attached hydrogens (tertiary/aromatic N) is 3. The first-order chi connectivity index (χ1) is 12.7. The fourth-order valence-corrected chi connectivity index (χ4v) is 3.17. The zero-order valence-corrected chi connectivity index (χ0v) is 14.9. The van der Waals surface area contributed by atoms with E-state index in [4.69, 9.17) is 9.84 Å². The number of anilines is 1. The molecule has 7 nitrogen and oxygen atoms in total. The molecule has 0 spiro atoms. The smallest absolute Gasteiger partial charge is 0.227 e. The standard InChI is InChI=1S/C19H24N4O3/c1-26-15-4-2-3-14(11-15)12-18(25)23-8-5-16-17(6-9-23)21-13-22-19(16)20-7-10-24/h2-4,11,13,24H,5-10,12H2,1H3,(H,20,21,22). The molecule has 1 aromatic carbocycles. The van der Waals surface area contributed by atoms with Gasteiger partial charge in [-0.1, -0.05) is 12.1 Å². The first kappa shape index (κ1) is 18.1. The number of fused-ring (bicyclic) bond motifs is 1. The van der Waals surface area contributed by atoms with Crippen molar-refractivity contribution in [3.63, 3.8) is 0 Å². The number of aliphatic hydroxyl groups is 1. The van der Waals surface area contributed by atoms with Crippen LogP contribution in [0.5, 0.6) is 5.75 Å². The Hall–Kier alpha value is -2.67. The van der Waals surface area contributed by atoms with Crippen LogP contribution in [0.15, 0.2) is 30.6 Å². The quantitative estimate of drug-likeness (QED) is 0.805. The van der Waals surface area contributed by atoms with Crippen molar-refractivity contribution in [1.82, 2.24) is 14.9 Å². The van der Waals surface area contributed by atoms with E-state index in [1.807, 2.05) is 29.2 Å². The highest BCUT2D eigenvalue weighted by Gasteiger charge is 2.21. The highest BCUT2D eigenvalue weighted by molar-refractivity contribution is 5.79. The molecule has 1 amide bonds. The summed E-state index contributed by atoms with van der Waals surface area (Å²) in [7, 11) is 1.62. The second-order valence-electron chi connectivity index (χ2n) is 6.21. The van der Waals surface area contributed by atoms with Crippen LogP contribution in [0.25, 0.3) is 0 Å². The predicted molar refractivity (Wildman–Crippen MR) is 98.3 cm³/mol. The lowest BCUT2D eigenvalue weighted by Crippen LogP contribution is -2.34. The van der Waals surface area contributed by atoms with Crippen LogP contribution in [0.4, 0.5) is 5.82 Å². The van der Waals surface area contributed by atoms with Gasteiger partial charge in [-0.2, -0.15) is 0 Å². The third-order valence-corrected chi connectivity index (χ3v) is 4.53. The van der Waals surface area contributed by atoms with Crippen molar-refractivity contribution in [2.45, 2.75) is 19.3 Å². The molecule has 7 heteroatoms. The van der Waals surface area contributed by atoms with Gasteiger partial charge in [-0.3, -0.25) is 4.79 Å². The van der Waals surface area contributed by atoms with Crippen LogP contribution in [-0.2, 0) is 24.1 Å². The number of nitrogens with one attached hydrogen (secondary N) is 1. The summed E-state index contributed by atoms with van der Waals surface area (Å²) in [4.78, 5) is 23.3. The Morgan fingerprint density at radius 3 is 2.96 bits per heavy atom. The van der Waals surface area contributed by atoms with Crippen molar-refractivity contribution >= 4 is 11.7 Å². The molecular weight excluding hydrogens is 332 g/mol. The number of amides is 1. The summed E-state index contributed by atoms with van der Waals surface area (Å²) in [5, 5.41) is 12.1. The monoisotopic (exact) mass is 356 g/mol. The molecule has 0 saturated heterocycles. The van der Waals surface area contributed by atoms with Crippen LogP contribution in [0.2, 0.25) is 0 Å². The maximum atomic E-state index is 12.7. The Balaban J connectivity index is 1.67. The average Bonchev–Trinajstić information content (AvgIpc) is 2.89. The molecule has 0 saturated carbocycles. The molecule has 1 aliphatic heterocycles. The molecule has 2 N–H and O–H groups in total. The minimum Gasteiger partial charge on any atom is -0.497 e. The summed E-state index contributed by atoms with van der Waals surface area (Å²) >= 11 is 0. The Morgan fingerprint density at radius 2 is 2.15 bits per heavy atom. The number of carbonyl (C=O) groups is 1. The molecule has 0 atom stereocenters. The first-order valence-corrected chi connectivity index (χ1v) is 8.79. The summed E-state index contributed by atoms with van der Waals surface area (Å²) < 4.78 is 5.22. The Morgan fingerprint density at radius 1 is 1.31 bits per heavy atom. The van der Waals surface area contributed by atoms with Gasteiger partial charge in [-0.15, -0.1) is 0 Å². The van der Waals surface area contributed by atoms with Gasteiger partial charge in [0.1, 0.15) is 17.9 Å². The number of methoxy groups -OCH3 is 1. The predicted octanol–water partition coefficient (Wildman–Crippen LogP) is 1.06. The summed E-state index contributed by atoms with van der Waals surface area (Å²) in [5.41, 5.74) is 2.95. The van der Waals surface area contributed by atoms with E-state index in [1.54, 1.807) is 7.11 Å². The van der Waals surface area contributed by atoms with Gasteiger partial charge < -0.3 is 20.1 Å². The zero-order chi connectivity index (χ0) is 18.4. The number of ether oxygens (including phenoxy) is 1. The maximum Gasteiger partial charge on any atom is 0.227 e. The molecular formula is C19H24N4O3. The lowest BCUT2D eigenvalue weighted by Gasteiger charge is -2.20. The van der Waals surface area contributed by atoms with E-state index in [0.29, 0.717) is 38.9 Å². The molecule has 0 radical (unpaired) electrons. The van der Waals surface area contributed by atoms with Gasteiger partial charge >= 0.3 is 0 Å². The fourth-order valence-electron chi connectivity index (χ4n) is 3.17. The van der Waals surface area contributed by atoms with Crippen molar-refractivity contribution in [3.8, 4) is 5.75 Å². The number of aromatic nitrogens is 2. The molecule has 138 valence electrons. The van der Waals surface area contributed by atoms with E-state index in [9.17, 15) is 4.79 Å². The molecule has 3 rings (SSSR count). The molecule has 0 unspecified atom stereocenters. The number of carbonyl (C=O) groups excluding carboxylic acids is 1. The van der Waals surface area contributed by atoms with E-state index >= 15 is 0 Å². The molecule has 1 aromatic heterocycles. The third kappa shape index (κ3) is 4.29. The SMILES string of the molecule is COc1cccc(CC(=O)N2CCc3ncnc(NCCO)c3CC2)c1. The van der Waals surface area contributed by atoms with E-state index in [1.165, 1.54) is 6.33 Å². The van der Waals surface area contributed by atoms with Crippen LogP contribution in [0.1, 0.15) is 16.8 Å². The van der Waals surface area contributed by atoms with Gasteiger partial charge in [0.15, 0.2) is 0 Å². The number of hydrogen-bond donors (Lipinski definition) is 2. The highest BCUT2D eigenvalue weighted by atomic mass is 16.5. The molecule has 2 aromatic rings. The minimum atomic E-state index is 0.0456. The van der Waals surface area contributed by atoms with Crippen molar-refractivity contribution in [3.05, 3.63) is 47.4 Å². The van der Waals surface area contributed by atoms with Crippen LogP contribution >= 0.6 is 0 Å². The first-order valence-electron chi connectivity index (χ1n) is 8.79. The van der Waals surface area contributed by atoms with Gasteiger partial charge in [0, 0.05) is 31.6 Å². The minimum absolute atomic E-state index is 0.0456. The van der Waals surface area contributed by atoms with Gasteiger partial charge in [0.05, 0.1) is 25.8 Å². The Bertz CT molecular complexity index is 766. The number of benzene rings is 1. The van der Waals surface area contributed by atoms with Crippen molar-refractivity contribution in [1.29, 1.82) is 0 Å². The molecule has 2 heterocycles. The average molecular weight is 356 g/mol. The van der Waals surface area contributed by atoms with Gasteiger partial charge in [0.2, 0.25) is 5.91 Å². The molecule has 26 heavy (non-hydrogen) atoms. The Labute approximate surface area is 153 Å². The van der Waals surface area contributed by atoms with Gasteiger partial charge in [-0.25, -0.2) is 9.97 Å². The van der Waals surface area contributed by atoms with Crippen molar-refractivity contribution in [2.75, 3.05) is 38.7 Å². The van der Waals surface area contributed by atoms with Crippen LogP contribution < -0.4 is 10.1 Å². The molecule has 0 fully saturated rings. The number of aliphatic hydroxyl groups excluding tert-OH is 1. The van der Waals surface area contributed by atoms with Crippen molar-refractivity contribution < 1.29 is 14.6 Å². The topological polar surface area (TPSA) is 87.6 Å². The summed E-state index contributed by atoms with van der Waals surface area (Å²) in [6.45, 7) is 1.77.